The Morgan fingerprint density at radius 3 is 2.23 bits per heavy atom. The number of rotatable bonds is 9. The van der Waals surface area contributed by atoms with Crippen LogP contribution in [0.3, 0.4) is 0 Å². The molecule has 6 heteroatoms. The average molecular weight is 474 g/mol. The van der Waals surface area contributed by atoms with E-state index in [1.807, 2.05) is 6.92 Å². The van der Waals surface area contributed by atoms with Gasteiger partial charge in [0, 0.05) is 38.5 Å². The largest absolute Gasteiger partial charge is 0.356 e. The fourth-order valence-electron chi connectivity index (χ4n) is 2.47. The van der Waals surface area contributed by atoms with Crippen LogP contribution >= 0.6 is 24.0 Å². The number of guanidine groups is 1. The minimum absolute atomic E-state index is 0. The molecule has 1 amide bonds. The number of nitrogens with one attached hydrogen (secondary N) is 3. The number of carbonyl (C=O) groups is 1. The van der Waals surface area contributed by atoms with Gasteiger partial charge < -0.3 is 16.0 Å². The Morgan fingerprint density at radius 1 is 1.04 bits per heavy atom. The van der Waals surface area contributed by atoms with Gasteiger partial charge >= 0.3 is 0 Å². The van der Waals surface area contributed by atoms with Gasteiger partial charge in [-0.15, -0.1) is 24.0 Å². The number of aliphatic imine (C=N–C) groups is 1. The second-order valence-corrected chi connectivity index (χ2v) is 6.89. The monoisotopic (exact) mass is 474 g/mol. The van der Waals surface area contributed by atoms with Crippen molar-refractivity contribution >= 4 is 35.8 Å². The summed E-state index contributed by atoms with van der Waals surface area (Å²) < 4.78 is 0. The zero-order chi connectivity index (χ0) is 18.7. The van der Waals surface area contributed by atoms with Crippen molar-refractivity contribution in [3.05, 3.63) is 35.4 Å². The Labute approximate surface area is 175 Å². The molecule has 0 fully saturated rings. The Hall–Kier alpha value is -1.31. The van der Waals surface area contributed by atoms with Crippen LogP contribution in [0.4, 0.5) is 0 Å². The number of carbonyl (C=O) groups excluding carboxylic acids is 1. The summed E-state index contributed by atoms with van der Waals surface area (Å²) in [5.41, 5.74) is 2.64. The van der Waals surface area contributed by atoms with E-state index in [1.165, 1.54) is 11.1 Å². The van der Waals surface area contributed by atoms with Gasteiger partial charge in [-0.1, -0.05) is 52.0 Å². The van der Waals surface area contributed by atoms with Gasteiger partial charge in [-0.25, -0.2) is 0 Å². The first-order valence-electron chi connectivity index (χ1n) is 9.23. The van der Waals surface area contributed by atoms with Crippen molar-refractivity contribution in [1.29, 1.82) is 0 Å². The van der Waals surface area contributed by atoms with Crippen LogP contribution in [0, 0.1) is 0 Å². The van der Waals surface area contributed by atoms with Crippen LogP contribution in [-0.2, 0) is 16.6 Å². The van der Waals surface area contributed by atoms with E-state index in [4.69, 9.17) is 0 Å². The number of hydrogen-bond donors (Lipinski definition) is 3. The average Bonchev–Trinajstić information content (AvgIpc) is 2.62. The van der Waals surface area contributed by atoms with Gasteiger partial charge in [0.05, 0.1) is 0 Å². The standard InChI is InChI=1S/C20H34N4O.HI/c1-6-13-22-18(25)12-14-23-19(21-5)24-15-20(3,4)17-10-8-16(7-2)9-11-17;/h8-11H,6-7,12-15H2,1-5H3,(H,22,25)(H2,21,23,24);1H. The second-order valence-electron chi connectivity index (χ2n) is 6.89. The van der Waals surface area contributed by atoms with Gasteiger partial charge in [-0.2, -0.15) is 0 Å². The number of benzene rings is 1. The molecule has 0 aliphatic carbocycles. The van der Waals surface area contributed by atoms with E-state index < -0.39 is 0 Å². The van der Waals surface area contributed by atoms with Gasteiger partial charge in [0.15, 0.2) is 5.96 Å². The zero-order valence-electron chi connectivity index (χ0n) is 16.8. The van der Waals surface area contributed by atoms with Gasteiger partial charge in [-0.3, -0.25) is 9.79 Å². The lowest BCUT2D eigenvalue weighted by Crippen LogP contribution is -2.44. The SMILES string of the molecule is CCCNC(=O)CCNC(=NC)NCC(C)(C)c1ccc(CC)cc1.I. The first kappa shape index (κ1) is 24.7. The van der Waals surface area contributed by atoms with Crippen molar-refractivity contribution in [2.45, 2.75) is 52.4 Å². The Kier molecular flexibility index (Phi) is 12.3. The second kappa shape index (κ2) is 12.9. The van der Waals surface area contributed by atoms with Crippen LogP contribution in [0.25, 0.3) is 0 Å². The van der Waals surface area contributed by atoms with Gasteiger partial charge in [0.1, 0.15) is 0 Å². The Bertz CT molecular complexity index is 555. The van der Waals surface area contributed by atoms with E-state index in [0.29, 0.717) is 13.0 Å². The molecule has 0 saturated carbocycles. The molecule has 26 heavy (non-hydrogen) atoms. The van der Waals surface area contributed by atoms with Crippen molar-refractivity contribution in [3.63, 3.8) is 0 Å². The van der Waals surface area contributed by atoms with Gasteiger partial charge in [-0.05, 0) is 24.0 Å². The number of aryl methyl sites for hydroxylation is 1. The highest BCUT2D eigenvalue weighted by atomic mass is 127. The van der Waals surface area contributed by atoms with Crippen molar-refractivity contribution in [2.75, 3.05) is 26.7 Å². The number of halogens is 1. The molecular formula is C20H35IN4O. The molecule has 1 rings (SSSR count). The molecule has 0 radical (unpaired) electrons. The minimum Gasteiger partial charge on any atom is -0.356 e. The summed E-state index contributed by atoms with van der Waals surface area (Å²) in [7, 11) is 1.75. The first-order chi connectivity index (χ1) is 11.9. The number of hydrogen-bond acceptors (Lipinski definition) is 2. The maximum absolute atomic E-state index is 11.6. The molecule has 0 atom stereocenters. The van der Waals surface area contributed by atoms with Crippen molar-refractivity contribution in [3.8, 4) is 0 Å². The summed E-state index contributed by atoms with van der Waals surface area (Å²) in [6.07, 6.45) is 2.46. The van der Waals surface area contributed by atoms with E-state index in [0.717, 1.165) is 31.9 Å². The molecule has 5 nitrogen and oxygen atoms in total. The van der Waals surface area contributed by atoms with Crippen molar-refractivity contribution < 1.29 is 4.79 Å². The lowest BCUT2D eigenvalue weighted by atomic mass is 9.84. The summed E-state index contributed by atoms with van der Waals surface area (Å²) in [6, 6.07) is 8.79. The van der Waals surface area contributed by atoms with Gasteiger partial charge in [0.2, 0.25) is 5.91 Å². The molecule has 148 valence electrons. The van der Waals surface area contributed by atoms with E-state index >= 15 is 0 Å². The van der Waals surface area contributed by atoms with Crippen molar-refractivity contribution in [2.24, 2.45) is 4.99 Å². The molecule has 0 aliphatic rings. The minimum atomic E-state index is -0.0115. The van der Waals surface area contributed by atoms with E-state index in [1.54, 1.807) is 7.05 Å². The summed E-state index contributed by atoms with van der Waals surface area (Å²) in [4.78, 5) is 15.8. The molecule has 0 aromatic heterocycles. The lowest BCUT2D eigenvalue weighted by molar-refractivity contribution is -0.120. The molecule has 0 saturated heterocycles. The maximum atomic E-state index is 11.6. The highest BCUT2D eigenvalue weighted by molar-refractivity contribution is 14.0. The van der Waals surface area contributed by atoms with E-state index in [-0.39, 0.29) is 35.3 Å². The normalized spacial score (nSPS) is 11.5. The predicted octanol–water partition coefficient (Wildman–Crippen LogP) is 3.23. The van der Waals surface area contributed by atoms with Crippen LogP contribution in [-0.4, -0.2) is 38.5 Å². The van der Waals surface area contributed by atoms with E-state index in [2.05, 4.69) is 66.0 Å². The molecule has 1 aromatic carbocycles. The third kappa shape index (κ3) is 8.87. The van der Waals surface area contributed by atoms with Crippen LogP contribution in [0.1, 0.15) is 51.7 Å². The fraction of sp³-hybridized carbons (Fsp3) is 0.600. The molecule has 0 spiro atoms. The molecule has 0 heterocycles. The lowest BCUT2D eigenvalue weighted by Gasteiger charge is -2.27. The topological polar surface area (TPSA) is 65.5 Å². The van der Waals surface area contributed by atoms with Gasteiger partial charge in [0.25, 0.3) is 0 Å². The maximum Gasteiger partial charge on any atom is 0.221 e. The highest BCUT2D eigenvalue weighted by Crippen LogP contribution is 2.22. The van der Waals surface area contributed by atoms with Crippen molar-refractivity contribution in [1.82, 2.24) is 16.0 Å². The number of nitrogens with zero attached hydrogens (tertiary/aromatic N) is 1. The van der Waals surface area contributed by atoms with Crippen LogP contribution in [0.5, 0.6) is 0 Å². The summed E-state index contributed by atoms with van der Waals surface area (Å²) in [6.45, 7) is 10.7. The fourth-order valence-corrected chi connectivity index (χ4v) is 2.47. The highest BCUT2D eigenvalue weighted by Gasteiger charge is 2.20. The van der Waals surface area contributed by atoms with E-state index in [9.17, 15) is 4.79 Å². The molecule has 1 aromatic rings. The van der Waals surface area contributed by atoms with Crippen LogP contribution in [0.15, 0.2) is 29.3 Å². The third-order valence-corrected chi connectivity index (χ3v) is 4.28. The quantitative estimate of drug-likeness (QED) is 0.293. The zero-order valence-corrected chi connectivity index (χ0v) is 19.1. The molecule has 0 unspecified atom stereocenters. The van der Waals surface area contributed by atoms with Crippen LogP contribution in [0.2, 0.25) is 0 Å². The Balaban J connectivity index is 0.00000625. The third-order valence-electron chi connectivity index (χ3n) is 4.28. The smallest absolute Gasteiger partial charge is 0.221 e. The Morgan fingerprint density at radius 2 is 1.69 bits per heavy atom. The summed E-state index contributed by atoms with van der Waals surface area (Å²) >= 11 is 0. The first-order valence-corrected chi connectivity index (χ1v) is 9.23. The number of amides is 1. The summed E-state index contributed by atoms with van der Waals surface area (Å²) in [5, 5.41) is 9.43. The molecule has 0 aliphatic heterocycles. The molecule has 3 N–H and O–H groups in total. The van der Waals surface area contributed by atoms with Crippen LogP contribution < -0.4 is 16.0 Å². The molecular weight excluding hydrogens is 439 g/mol. The predicted molar refractivity (Wildman–Crippen MR) is 122 cm³/mol. The molecule has 0 bridgehead atoms. The summed E-state index contributed by atoms with van der Waals surface area (Å²) in [5.74, 6) is 0.794.